The molecule has 0 unspecified atom stereocenters. The van der Waals surface area contributed by atoms with Crippen molar-refractivity contribution in [2.75, 3.05) is 19.0 Å². The summed E-state index contributed by atoms with van der Waals surface area (Å²) in [5.74, 6) is 0.456. The van der Waals surface area contributed by atoms with Crippen molar-refractivity contribution < 1.29 is 19.2 Å². The van der Waals surface area contributed by atoms with Crippen molar-refractivity contribution in [1.82, 2.24) is 9.66 Å². The third-order valence-electron chi connectivity index (χ3n) is 7.41. The first-order valence-electron chi connectivity index (χ1n) is 14.6. The molecule has 46 heavy (non-hydrogen) atoms. The van der Waals surface area contributed by atoms with E-state index in [-0.39, 0.29) is 28.7 Å². The summed E-state index contributed by atoms with van der Waals surface area (Å²) in [6.45, 7) is 7.41. The molecule has 0 spiro atoms. The number of fused-ring (bicyclic) bond motifs is 1. The number of nitrogens with one attached hydrogen (secondary N) is 1. The third-order valence-corrected chi connectivity index (χ3v) is 7.41. The molecule has 0 bridgehead atoms. The van der Waals surface area contributed by atoms with E-state index in [2.05, 4.69) is 10.4 Å². The molecular weight excluding hydrogens is 586 g/mol. The molecular formula is C35H33N5O6. The number of methoxy groups -OCH3 is 1. The van der Waals surface area contributed by atoms with Crippen molar-refractivity contribution in [3.8, 4) is 22.9 Å². The van der Waals surface area contributed by atoms with Gasteiger partial charge in [-0.05, 0) is 73.4 Å². The second kappa shape index (κ2) is 13.4. The topological polar surface area (TPSA) is 138 Å². The van der Waals surface area contributed by atoms with Crippen LogP contribution in [-0.2, 0) is 4.79 Å². The lowest BCUT2D eigenvalue weighted by molar-refractivity contribution is -0.385. The number of nitro groups is 1. The van der Waals surface area contributed by atoms with Crippen LogP contribution in [0.5, 0.6) is 11.5 Å². The summed E-state index contributed by atoms with van der Waals surface area (Å²) in [4.78, 5) is 42.7. The number of amides is 1. The highest BCUT2D eigenvalue weighted by Gasteiger charge is 2.21. The highest BCUT2D eigenvalue weighted by atomic mass is 16.6. The van der Waals surface area contributed by atoms with Crippen LogP contribution < -0.4 is 20.3 Å². The van der Waals surface area contributed by atoms with Gasteiger partial charge in [0.25, 0.3) is 11.5 Å². The first kappa shape index (κ1) is 31.6. The third kappa shape index (κ3) is 6.63. The molecule has 0 aliphatic heterocycles. The van der Waals surface area contributed by atoms with E-state index in [9.17, 15) is 19.7 Å². The van der Waals surface area contributed by atoms with Crippen molar-refractivity contribution in [3.63, 3.8) is 0 Å². The van der Waals surface area contributed by atoms with Gasteiger partial charge in [-0.25, -0.2) is 4.98 Å². The van der Waals surface area contributed by atoms with Crippen LogP contribution in [0, 0.1) is 24.0 Å². The van der Waals surface area contributed by atoms with Gasteiger partial charge in [-0.2, -0.15) is 9.78 Å². The summed E-state index contributed by atoms with van der Waals surface area (Å²) in [6, 6.07) is 22.3. The summed E-state index contributed by atoms with van der Waals surface area (Å²) in [7, 11) is 1.61. The zero-order chi connectivity index (χ0) is 33.0. The van der Waals surface area contributed by atoms with E-state index in [0.29, 0.717) is 22.2 Å². The smallest absolute Gasteiger partial charge is 0.311 e. The number of carbonyl (C=O) groups is 1. The average molecular weight is 620 g/mol. The van der Waals surface area contributed by atoms with E-state index in [1.54, 1.807) is 49.6 Å². The number of hydrogen-bond donors (Lipinski definition) is 1. The standard InChI is InChI=1S/C35H33N5O6/c1-21(2)27-18-28(23(4)17-31(27)45-5)34-38-29-11-7-6-10-26(29)35(42)39(34)36-19-24-9-8-12-30(40(43)44)33(24)46-20-32(41)37-25-15-13-22(3)14-16-25/h6-19,21H,20H2,1-5H3,(H,37,41). The first-order valence-corrected chi connectivity index (χ1v) is 14.6. The predicted octanol–water partition coefficient (Wildman–Crippen LogP) is 6.62. The van der Waals surface area contributed by atoms with E-state index < -0.39 is 23.0 Å². The molecule has 0 atom stereocenters. The van der Waals surface area contributed by atoms with Gasteiger partial charge in [-0.1, -0.05) is 49.7 Å². The normalized spacial score (nSPS) is 11.3. The van der Waals surface area contributed by atoms with E-state index in [1.807, 2.05) is 52.0 Å². The first-order chi connectivity index (χ1) is 22.1. The van der Waals surface area contributed by atoms with Crippen molar-refractivity contribution in [2.45, 2.75) is 33.6 Å². The van der Waals surface area contributed by atoms with Crippen molar-refractivity contribution in [3.05, 3.63) is 122 Å². The zero-order valence-corrected chi connectivity index (χ0v) is 26.1. The zero-order valence-electron chi connectivity index (χ0n) is 26.1. The van der Waals surface area contributed by atoms with Gasteiger partial charge in [0.2, 0.25) is 5.75 Å². The maximum atomic E-state index is 13.9. The molecule has 11 nitrogen and oxygen atoms in total. The second-order valence-corrected chi connectivity index (χ2v) is 11.0. The maximum Gasteiger partial charge on any atom is 0.311 e. The summed E-state index contributed by atoms with van der Waals surface area (Å²) in [5.41, 5.74) is 3.91. The lowest BCUT2D eigenvalue weighted by Crippen LogP contribution is -2.21. The highest BCUT2D eigenvalue weighted by Crippen LogP contribution is 2.34. The van der Waals surface area contributed by atoms with Gasteiger partial charge in [0.15, 0.2) is 12.4 Å². The lowest BCUT2D eigenvalue weighted by Gasteiger charge is -2.17. The van der Waals surface area contributed by atoms with Crippen molar-refractivity contribution in [1.29, 1.82) is 0 Å². The summed E-state index contributed by atoms with van der Waals surface area (Å²) < 4.78 is 12.5. The Labute approximate surface area is 265 Å². The molecule has 11 heteroatoms. The van der Waals surface area contributed by atoms with Gasteiger partial charge in [0.1, 0.15) is 5.75 Å². The molecule has 0 saturated carbocycles. The van der Waals surface area contributed by atoms with E-state index >= 15 is 0 Å². The van der Waals surface area contributed by atoms with Gasteiger partial charge in [0, 0.05) is 22.9 Å². The Morgan fingerprint density at radius 3 is 2.50 bits per heavy atom. The largest absolute Gasteiger partial charge is 0.496 e. The summed E-state index contributed by atoms with van der Waals surface area (Å²) >= 11 is 0. The monoisotopic (exact) mass is 619 g/mol. The van der Waals surface area contributed by atoms with E-state index in [4.69, 9.17) is 14.5 Å². The van der Waals surface area contributed by atoms with Gasteiger partial charge < -0.3 is 14.8 Å². The number of aromatic nitrogens is 2. The molecule has 234 valence electrons. The number of anilines is 1. The van der Waals surface area contributed by atoms with Crippen molar-refractivity contribution >= 4 is 34.4 Å². The van der Waals surface area contributed by atoms with Crippen LogP contribution in [0.25, 0.3) is 22.3 Å². The number of benzene rings is 4. The molecule has 0 saturated heterocycles. The highest BCUT2D eigenvalue weighted by molar-refractivity contribution is 5.92. The lowest BCUT2D eigenvalue weighted by atomic mass is 9.96. The number of aryl methyl sites for hydroxylation is 2. The van der Waals surface area contributed by atoms with Crippen LogP contribution in [0.4, 0.5) is 11.4 Å². The molecule has 0 radical (unpaired) electrons. The number of ether oxygens (including phenoxy) is 2. The van der Waals surface area contributed by atoms with Crippen LogP contribution in [0.15, 0.2) is 88.8 Å². The van der Waals surface area contributed by atoms with E-state index in [0.717, 1.165) is 22.4 Å². The molecule has 0 fully saturated rings. The molecule has 5 aromatic rings. The fraction of sp³-hybridized carbons (Fsp3) is 0.200. The van der Waals surface area contributed by atoms with Gasteiger partial charge >= 0.3 is 5.69 Å². The molecule has 1 aromatic heterocycles. The van der Waals surface area contributed by atoms with Crippen LogP contribution in [0.2, 0.25) is 0 Å². The minimum absolute atomic E-state index is 0.117. The Kier molecular flexibility index (Phi) is 9.22. The second-order valence-electron chi connectivity index (χ2n) is 11.0. The van der Waals surface area contributed by atoms with Crippen LogP contribution in [0.3, 0.4) is 0 Å². The van der Waals surface area contributed by atoms with E-state index in [1.165, 1.54) is 23.0 Å². The molecule has 4 aromatic carbocycles. The average Bonchev–Trinajstić information content (AvgIpc) is 3.04. The Balaban J connectivity index is 1.59. The summed E-state index contributed by atoms with van der Waals surface area (Å²) in [5, 5.41) is 19.5. The molecule has 0 aliphatic rings. The summed E-state index contributed by atoms with van der Waals surface area (Å²) in [6.07, 6.45) is 1.30. The number of hydrogen-bond acceptors (Lipinski definition) is 8. The molecule has 1 heterocycles. The number of rotatable bonds is 10. The number of nitro benzene ring substituents is 1. The quantitative estimate of drug-likeness (QED) is 0.105. The molecule has 0 aliphatic carbocycles. The predicted molar refractivity (Wildman–Crippen MR) is 178 cm³/mol. The number of carbonyl (C=O) groups excluding carboxylic acids is 1. The Hall–Kier alpha value is -5.84. The Morgan fingerprint density at radius 2 is 1.80 bits per heavy atom. The van der Waals surface area contributed by atoms with Crippen molar-refractivity contribution in [2.24, 2.45) is 5.10 Å². The Morgan fingerprint density at radius 1 is 1.07 bits per heavy atom. The van der Waals surface area contributed by atoms with Gasteiger partial charge in [0.05, 0.1) is 29.2 Å². The SMILES string of the molecule is COc1cc(C)c(-c2nc3ccccc3c(=O)n2N=Cc2cccc([N+](=O)[O-])c2OCC(=O)Nc2ccc(C)cc2)cc1C(C)C. The fourth-order valence-corrected chi connectivity index (χ4v) is 5.01. The Bertz CT molecular complexity index is 2030. The molecule has 5 rings (SSSR count). The minimum atomic E-state index is -0.603. The van der Waals surface area contributed by atoms with Gasteiger partial charge in [-0.3, -0.25) is 19.7 Å². The van der Waals surface area contributed by atoms with Crippen LogP contribution in [-0.4, -0.2) is 40.4 Å². The minimum Gasteiger partial charge on any atom is -0.496 e. The van der Waals surface area contributed by atoms with Gasteiger partial charge in [-0.15, -0.1) is 0 Å². The fourth-order valence-electron chi connectivity index (χ4n) is 5.01. The van der Waals surface area contributed by atoms with Crippen LogP contribution >= 0.6 is 0 Å². The number of para-hydroxylation sites is 2. The molecule has 1 N–H and O–H groups in total. The molecule has 1 amide bonds. The van der Waals surface area contributed by atoms with Crippen LogP contribution in [0.1, 0.15) is 42.0 Å². The maximum absolute atomic E-state index is 13.9. The number of nitrogens with zero attached hydrogens (tertiary/aromatic N) is 4.